The molecule has 0 aliphatic heterocycles. The topological polar surface area (TPSA) is 82.4 Å². The molecule has 4 aromatic rings. The van der Waals surface area contributed by atoms with E-state index in [-0.39, 0.29) is 27.7 Å². The number of nitrogens with one attached hydrogen (secondary N) is 1. The van der Waals surface area contributed by atoms with Crippen LogP contribution in [-0.4, -0.2) is 29.7 Å². The molecule has 9 heteroatoms. The fourth-order valence-electron chi connectivity index (χ4n) is 3.20. The van der Waals surface area contributed by atoms with Crippen LogP contribution in [0.25, 0.3) is 16.6 Å². The van der Waals surface area contributed by atoms with Crippen molar-refractivity contribution in [3.05, 3.63) is 88.5 Å². The van der Waals surface area contributed by atoms with Gasteiger partial charge in [-0.2, -0.15) is 0 Å². The smallest absolute Gasteiger partial charge is 0.265 e. The van der Waals surface area contributed by atoms with Crippen LogP contribution < -0.4 is 20.3 Å². The summed E-state index contributed by atoms with van der Waals surface area (Å²) in [6, 6.07) is 12.2. The summed E-state index contributed by atoms with van der Waals surface area (Å²) in [5, 5.41) is 2.64. The van der Waals surface area contributed by atoms with Crippen LogP contribution in [0.5, 0.6) is 11.5 Å². The number of amides is 1. The van der Waals surface area contributed by atoms with E-state index < -0.39 is 17.5 Å². The molecule has 7 nitrogen and oxygen atoms in total. The first kappa shape index (κ1) is 21.0. The summed E-state index contributed by atoms with van der Waals surface area (Å²) < 4.78 is 38.8. The normalized spacial score (nSPS) is 10.8. The van der Waals surface area contributed by atoms with E-state index in [1.807, 2.05) is 0 Å². The highest BCUT2D eigenvalue weighted by molar-refractivity contribution is 6.06. The molecule has 1 amide bonds. The lowest BCUT2D eigenvalue weighted by atomic mass is 10.1. The maximum Gasteiger partial charge on any atom is 0.265 e. The van der Waals surface area contributed by atoms with Gasteiger partial charge in [-0.25, -0.2) is 13.8 Å². The molecule has 0 spiro atoms. The summed E-state index contributed by atoms with van der Waals surface area (Å²) in [5.74, 6) is -1.29. The van der Waals surface area contributed by atoms with Gasteiger partial charge >= 0.3 is 0 Å². The number of hydrogen-bond acceptors (Lipinski definition) is 5. The zero-order chi connectivity index (χ0) is 22.8. The summed E-state index contributed by atoms with van der Waals surface area (Å²) in [6.45, 7) is 0. The highest BCUT2D eigenvalue weighted by Crippen LogP contribution is 2.27. The summed E-state index contributed by atoms with van der Waals surface area (Å²) in [4.78, 5) is 29.9. The van der Waals surface area contributed by atoms with E-state index >= 15 is 0 Å². The lowest BCUT2D eigenvalue weighted by Crippen LogP contribution is -2.20. The van der Waals surface area contributed by atoms with Crippen LogP contribution in [0.1, 0.15) is 10.4 Å². The Bertz CT molecular complexity index is 1400. The van der Waals surface area contributed by atoms with Crippen molar-refractivity contribution < 1.29 is 23.0 Å². The van der Waals surface area contributed by atoms with Gasteiger partial charge in [-0.3, -0.25) is 14.2 Å². The number of methoxy groups -OCH3 is 2. The Kier molecular flexibility index (Phi) is 5.55. The average molecular weight is 437 g/mol. The van der Waals surface area contributed by atoms with Gasteiger partial charge in [0.15, 0.2) is 0 Å². The molecule has 162 valence electrons. The molecule has 0 aliphatic rings. The number of halogens is 2. The van der Waals surface area contributed by atoms with Crippen LogP contribution in [0.2, 0.25) is 0 Å². The van der Waals surface area contributed by atoms with Gasteiger partial charge < -0.3 is 14.8 Å². The fourth-order valence-corrected chi connectivity index (χ4v) is 3.20. The number of anilines is 1. The van der Waals surface area contributed by atoms with E-state index in [2.05, 4.69) is 10.3 Å². The summed E-state index contributed by atoms with van der Waals surface area (Å²) >= 11 is 0. The van der Waals surface area contributed by atoms with Crippen LogP contribution in [-0.2, 0) is 0 Å². The maximum atomic E-state index is 13.8. The SMILES string of the molecule is COc1ccc(OC)c(-n2cnc3cc(C(=O)Nc4ccc(F)cc4F)ccc3c2=O)c1. The average Bonchev–Trinajstić information content (AvgIpc) is 2.80. The quantitative estimate of drug-likeness (QED) is 0.512. The molecular formula is C23H17F2N3O4. The standard InChI is InChI=1S/C23H17F2N3O4/c1-31-15-5-8-21(32-2)20(11-15)28-12-26-19-9-13(3-6-16(19)23(28)30)22(29)27-18-7-4-14(24)10-17(18)25/h3-12H,1-2H3,(H,27,29). The van der Waals surface area contributed by atoms with Gasteiger partial charge in [0.2, 0.25) is 0 Å². The van der Waals surface area contributed by atoms with Crippen molar-refractivity contribution in [2.45, 2.75) is 0 Å². The molecule has 0 atom stereocenters. The molecule has 32 heavy (non-hydrogen) atoms. The van der Waals surface area contributed by atoms with Gasteiger partial charge in [-0.1, -0.05) is 0 Å². The van der Waals surface area contributed by atoms with Crippen LogP contribution in [0, 0.1) is 11.6 Å². The maximum absolute atomic E-state index is 13.8. The third kappa shape index (κ3) is 3.87. The molecule has 0 radical (unpaired) electrons. The van der Waals surface area contributed by atoms with Crippen LogP contribution in [0.4, 0.5) is 14.5 Å². The second kappa shape index (κ2) is 8.46. The molecule has 0 unspecified atom stereocenters. The summed E-state index contributed by atoms with van der Waals surface area (Å²) in [6.07, 6.45) is 1.32. The molecule has 0 saturated heterocycles. The van der Waals surface area contributed by atoms with E-state index in [1.54, 1.807) is 18.2 Å². The van der Waals surface area contributed by atoms with Gasteiger partial charge in [-0.05, 0) is 42.5 Å². The summed E-state index contributed by atoms with van der Waals surface area (Å²) in [5.41, 5.74) is 0.341. The lowest BCUT2D eigenvalue weighted by molar-refractivity contribution is 0.102. The molecule has 1 N–H and O–H groups in total. The second-order valence-corrected chi connectivity index (χ2v) is 6.77. The Morgan fingerprint density at radius 3 is 2.53 bits per heavy atom. The zero-order valence-electron chi connectivity index (χ0n) is 17.1. The number of benzene rings is 3. The van der Waals surface area contributed by atoms with E-state index in [4.69, 9.17) is 9.47 Å². The van der Waals surface area contributed by atoms with Crippen LogP contribution in [0.3, 0.4) is 0 Å². The molecule has 4 rings (SSSR count). The minimum Gasteiger partial charge on any atom is -0.497 e. The molecule has 0 bridgehead atoms. The largest absolute Gasteiger partial charge is 0.497 e. The van der Waals surface area contributed by atoms with Crippen molar-refractivity contribution in [1.82, 2.24) is 9.55 Å². The van der Waals surface area contributed by atoms with Crippen molar-refractivity contribution in [2.75, 3.05) is 19.5 Å². The predicted octanol–water partition coefficient (Wildman–Crippen LogP) is 3.93. The first-order chi connectivity index (χ1) is 15.4. The highest BCUT2D eigenvalue weighted by atomic mass is 19.1. The number of carbonyl (C=O) groups is 1. The molecule has 0 saturated carbocycles. The van der Waals surface area contributed by atoms with E-state index in [0.717, 1.165) is 12.1 Å². The van der Waals surface area contributed by atoms with Crippen LogP contribution in [0.15, 0.2) is 65.7 Å². The van der Waals surface area contributed by atoms with Gasteiger partial charge in [0.05, 0.1) is 36.5 Å². The minimum absolute atomic E-state index is 0.157. The monoisotopic (exact) mass is 437 g/mol. The highest BCUT2D eigenvalue weighted by Gasteiger charge is 2.15. The molecule has 1 heterocycles. The van der Waals surface area contributed by atoms with Gasteiger partial charge in [0.25, 0.3) is 11.5 Å². The Morgan fingerprint density at radius 1 is 1.00 bits per heavy atom. The van der Waals surface area contributed by atoms with Gasteiger partial charge in [0.1, 0.15) is 29.5 Å². The van der Waals surface area contributed by atoms with Crippen molar-refractivity contribution in [1.29, 1.82) is 0 Å². The molecule has 1 aromatic heterocycles. The minimum atomic E-state index is -0.896. The Balaban J connectivity index is 1.71. The number of rotatable bonds is 5. The van der Waals surface area contributed by atoms with Crippen molar-refractivity contribution in [3.8, 4) is 17.2 Å². The van der Waals surface area contributed by atoms with Crippen molar-refractivity contribution in [3.63, 3.8) is 0 Å². The molecule has 0 aliphatic carbocycles. The lowest BCUT2D eigenvalue weighted by Gasteiger charge is -2.13. The summed E-state index contributed by atoms with van der Waals surface area (Å²) in [7, 11) is 3.00. The molecular weight excluding hydrogens is 420 g/mol. The number of fused-ring (bicyclic) bond motifs is 1. The number of aromatic nitrogens is 2. The van der Waals surface area contributed by atoms with Gasteiger partial charge in [0, 0.05) is 17.7 Å². The first-order valence-corrected chi connectivity index (χ1v) is 9.41. The van der Waals surface area contributed by atoms with E-state index in [0.29, 0.717) is 23.3 Å². The Morgan fingerprint density at radius 2 is 1.81 bits per heavy atom. The third-order valence-corrected chi connectivity index (χ3v) is 4.85. The number of nitrogens with zero attached hydrogens (tertiary/aromatic N) is 2. The number of ether oxygens (including phenoxy) is 2. The first-order valence-electron chi connectivity index (χ1n) is 9.41. The zero-order valence-corrected chi connectivity index (χ0v) is 17.1. The Labute approximate surface area is 180 Å². The van der Waals surface area contributed by atoms with E-state index in [9.17, 15) is 18.4 Å². The van der Waals surface area contributed by atoms with Crippen molar-refractivity contribution >= 4 is 22.5 Å². The second-order valence-electron chi connectivity index (χ2n) is 6.77. The third-order valence-electron chi connectivity index (χ3n) is 4.85. The fraction of sp³-hybridized carbons (Fsp3) is 0.0870. The molecule has 3 aromatic carbocycles. The number of carbonyl (C=O) groups excluding carboxylic acids is 1. The predicted molar refractivity (Wildman–Crippen MR) is 115 cm³/mol. The van der Waals surface area contributed by atoms with E-state index in [1.165, 1.54) is 43.3 Å². The molecule has 0 fully saturated rings. The van der Waals surface area contributed by atoms with Crippen molar-refractivity contribution in [2.24, 2.45) is 0 Å². The van der Waals surface area contributed by atoms with Gasteiger partial charge in [-0.15, -0.1) is 0 Å². The number of hydrogen-bond donors (Lipinski definition) is 1. The Hall–Kier alpha value is -4.27. The van der Waals surface area contributed by atoms with Crippen LogP contribution >= 0.6 is 0 Å².